The van der Waals surface area contributed by atoms with Crippen molar-refractivity contribution in [1.82, 2.24) is 10.6 Å². The van der Waals surface area contributed by atoms with Crippen molar-refractivity contribution in [3.63, 3.8) is 0 Å². The van der Waals surface area contributed by atoms with E-state index >= 15 is 0 Å². The maximum absolute atomic E-state index is 11.7. The summed E-state index contributed by atoms with van der Waals surface area (Å²) in [6.45, 7) is 1.44. The van der Waals surface area contributed by atoms with Crippen LogP contribution < -0.4 is 20.1 Å². The first kappa shape index (κ1) is 18.1. The lowest BCUT2D eigenvalue weighted by Crippen LogP contribution is -2.38. The number of nitrogens with one attached hydrogen (secondary N) is 2. The van der Waals surface area contributed by atoms with Crippen LogP contribution in [0.15, 0.2) is 53.0 Å². The Morgan fingerprint density at radius 3 is 2.50 bits per heavy atom. The number of hydrogen-bond donors (Lipinski definition) is 2. The molecule has 24 heavy (non-hydrogen) atoms. The lowest BCUT2D eigenvalue weighted by molar-refractivity contribution is 0.236. The first-order chi connectivity index (χ1) is 11.7. The van der Waals surface area contributed by atoms with E-state index in [1.165, 1.54) is 0 Å². The number of halogens is 1. The Bertz CT molecular complexity index is 647. The van der Waals surface area contributed by atoms with E-state index in [9.17, 15) is 4.79 Å². The summed E-state index contributed by atoms with van der Waals surface area (Å²) in [4.78, 5) is 11.7. The number of benzene rings is 2. The molecule has 0 aliphatic carbocycles. The summed E-state index contributed by atoms with van der Waals surface area (Å²) in [5.41, 5.74) is 1.15. The van der Waals surface area contributed by atoms with Crippen LogP contribution in [0.5, 0.6) is 11.5 Å². The first-order valence-electron chi connectivity index (χ1n) is 7.70. The highest BCUT2D eigenvalue weighted by molar-refractivity contribution is 9.10. The van der Waals surface area contributed by atoms with Crippen LogP contribution in [-0.2, 0) is 6.42 Å². The van der Waals surface area contributed by atoms with Gasteiger partial charge in [0.05, 0.1) is 13.7 Å². The van der Waals surface area contributed by atoms with Gasteiger partial charge in [-0.15, -0.1) is 0 Å². The molecule has 0 unspecified atom stereocenters. The van der Waals surface area contributed by atoms with Crippen molar-refractivity contribution in [2.24, 2.45) is 0 Å². The highest BCUT2D eigenvalue weighted by Gasteiger charge is 2.01. The fourth-order valence-electron chi connectivity index (χ4n) is 2.07. The summed E-state index contributed by atoms with van der Waals surface area (Å²) in [5, 5.41) is 5.59. The van der Waals surface area contributed by atoms with Crippen molar-refractivity contribution in [2.75, 3.05) is 26.8 Å². The molecule has 0 aliphatic heterocycles. The molecule has 0 bridgehead atoms. The van der Waals surface area contributed by atoms with E-state index in [0.29, 0.717) is 19.7 Å². The SMILES string of the molecule is COc1ccc(CCNC(=O)NCCOc2cccc(Br)c2)cc1. The molecule has 0 fully saturated rings. The standard InChI is InChI=1S/C18H21BrN2O3/c1-23-16-7-5-14(6-8-16)9-10-20-18(22)21-11-12-24-17-4-2-3-15(19)13-17/h2-8,13H,9-12H2,1H3,(H2,20,21,22). The van der Waals surface area contributed by atoms with Crippen LogP contribution in [-0.4, -0.2) is 32.8 Å². The van der Waals surface area contributed by atoms with E-state index in [1.54, 1.807) is 7.11 Å². The Morgan fingerprint density at radius 2 is 1.79 bits per heavy atom. The summed E-state index contributed by atoms with van der Waals surface area (Å²) in [6.07, 6.45) is 0.770. The van der Waals surface area contributed by atoms with Gasteiger partial charge in [0.2, 0.25) is 0 Å². The average Bonchev–Trinajstić information content (AvgIpc) is 2.59. The van der Waals surface area contributed by atoms with Gasteiger partial charge in [-0.2, -0.15) is 0 Å². The van der Waals surface area contributed by atoms with Crippen molar-refractivity contribution in [1.29, 1.82) is 0 Å². The van der Waals surface area contributed by atoms with E-state index in [2.05, 4.69) is 26.6 Å². The zero-order valence-corrected chi connectivity index (χ0v) is 15.1. The molecule has 0 spiro atoms. The molecule has 2 rings (SSSR count). The minimum atomic E-state index is -0.193. The zero-order chi connectivity index (χ0) is 17.2. The maximum atomic E-state index is 11.7. The number of urea groups is 1. The number of carbonyl (C=O) groups is 1. The van der Waals surface area contributed by atoms with Gasteiger partial charge in [-0.05, 0) is 42.3 Å². The Balaban J connectivity index is 1.57. The monoisotopic (exact) mass is 392 g/mol. The van der Waals surface area contributed by atoms with E-state index in [-0.39, 0.29) is 6.03 Å². The fourth-order valence-corrected chi connectivity index (χ4v) is 2.44. The molecule has 0 aliphatic rings. The van der Waals surface area contributed by atoms with Crippen molar-refractivity contribution in [3.8, 4) is 11.5 Å². The highest BCUT2D eigenvalue weighted by atomic mass is 79.9. The van der Waals surface area contributed by atoms with E-state index in [1.807, 2.05) is 48.5 Å². The molecule has 0 saturated heterocycles. The van der Waals surface area contributed by atoms with E-state index in [0.717, 1.165) is 28.0 Å². The molecule has 5 nitrogen and oxygen atoms in total. The molecule has 2 aromatic carbocycles. The van der Waals surface area contributed by atoms with Crippen LogP contribution in [0.4, 0.5) is 4.79 Å². The average molecular weight is 393 g/mol. The summed E-state index contributed by atoms with van der Waals surface area (Å²) in [7, 11) is 1.64. The molecular weight excluding hydrogens is 372 g/mol. The summed E-state index contributed by atoms with van der Waals surface area (Å²) in [5.74, 6) is 1.60. The maximum Gasteiger partial charge on any atom is 0.314 e. The van der Waals surface area contributed by atoms with Crippen molar-refractivity contribution in [3.05, 3.63) is 58.6 Å². The number of methoxy groups -OCH3 is 1. The van der Waals surface area contributed by atoms with Crippen LogP contribution in [0.3, 0.4) is 0 Å². The molecule has 2 amide bonds. The molecule has 2 N–H and O–H groups in total. The van der Waals surface area contributed by atoms with E-state index in [4.69, 9.17) is 9.47 Å². The summed E-state index contributed by atoms with van der Waals surface area (Å²) < 4.78 is 11.6. The second kappa shape index (κ2) is 9.82. The van der Waals surface area contributed by atoms with Crippen LogP contribution in [0.25, 0.3) is 0 Å². The Hall–Kier alpha value is -2.21. The quantitative estimate of drug-likeness (QED) is 0.676. The summed E-state index contributed by atoms with van der Waals surface area (Å²) >= 11 is 3.38. The Morgan fingerprint density at radius 1 is 1.04 bits per heavy atom. The van der Waals surface area contributed by atoms with E-state index < -0.39 is 0 Å². The second-order valence-electron chi connectivity index (χ2n) is 5.09. The molecule has 0 radical (unpaired) electrons. The highest BCUT2D eigenvalue weighted by Crippen LogP contribution is 2.17. The topological polar surface area (TPSA) is 59.6 Å². The first-order valence-corrected chi connectivity index (χ1v) is 8.49. The lowest BCUT2D eigenvalue weighted by atomic mass is 10.1. The third-order valence-corrected chi connectivity index (χ3v) is 3.80. The predicted molar refractivity (Wildman–Crippen MR) is 97.7 cm³/mol. The van der Waals surface area contributed by atoms with Gasteiger partial charge in [0.15, 0.2) is 0 Å². The lowest BCUT2D eigenvalue weighted by Gasteiger charge is -2.09. The molecule has 0 aromatic heterocycles. The van der Waals surface area contributed by atoms with Crippen LogP contribution in [0.1, 0.15) is 5.56 Å². The van der Waals surface area contributed by atoms with Gasteiger partial charge in [0.25, 0.3) is 0 Å². The normalized spacial score (nSPS) is 10.1. The zero-order valence-electron chi connectivity index (χ0n) is 13.5. The van der Waals surface area contributed by atoms with Gasteiger partial charge in [-0.25, -0.2) is 4.79 Å². The van der Waals surface area contributed by atoms with Gasteiger partial charge in [-0.1, -0.05) is 34.1 Å². The summed E-state index contributed by atoms with van der Waals surface area (Å²) in [6, 6.07) is 15.2. The second-order valence-corrected chi connectivity index (χ2v) is 6.00. The predicted octanol–water partition coefficient (Wildman–Crippen LogP) is 3.38. The Kier molecular flexibility index (Phi) is 7.42. The molecular formula is C18H21BrN2O3. The number of ether oxygens (including phenoxy) is 2. The minimum Gasteiger partial charge on any atom is -0.497 e. The fraction of sp³-hybridized carbons (Fsp3) is 0.278. The smallest absolute Gasteiger partial charge is 0.314 e. The van der Waals surface area contributed by atoms with Crippen molar-refractivity contribution in [2.45, 2.75) is 6.42 Å². The molecule has 128 valence electrons. The molecule has 6 heteroatoms. The molecule has 2 aromatic rings. The molecule has 0 heterocycles. The third-order valence-electron chi connectivity index (χ3n) is 3.31. The van der Waals surface area contributed by atoms with Gasteiger partial charge in [-0.3, -0.25) is 0 Å². The van der Waals surface area contributed by atoms with Gasteiger partial charge in [0, 0.05) is 11.0 Å². The molecule has 0 saturated carbocycles. The third kappa shape index (κ3) is 6.50. The number of rotatable bonds is 8. The van der Waals surface area contributed by atoms with Crippen molar-refractivity contribution >= 4 is 22.0 Å². The van der Waals surface area contributed by atoms with Crippen molar-refractivity contribution < 1.29 is 14.3 Å². The van der Waals surface area contributed by atoms with Crippen LogP contribution in [0, 0.1) is 0 Å². The van der Waals surface area contributed by atoms with Crippen LogP contribution in [0.2, 0.25) is 0 Å². The van der Waals surface area contributed by atoms with Crippen LogP contribution >= 0.6 is 15.9 Å². The molecule has 0 atom stereocenters. The number of amides is 2. The largest absolute Gasteiger partial charge is 0.497 e. The van der Waals surface area contributed by atoms with Gasteiger partial charge >= 0.3 is 6.03 Å². The van der Waals surface area contributed by atoms with Gasteiger partial charge < -0.3 is 20.1 Å². The number of carbonyl (C=O) groups excluding carboxylic acids is 1. The number of hydrogen-bond acceptors (Lipinski definition) is 3. The Labute approximate surface area is 150 Å². The minimum absolute atomic E-state index is 0.193. The van der Waals surface area contributed by atoms with Gasteiger partial charge in [0.1, 0.15) is 18.1 Å².